The molecule has 0 aliphatic heterocycles. The Balaban J connectivity index is 1.58. The highest BCUT2D eigenvalue weighted by Crippen LogP contribution is 2.66. The highest BCUT2D eigenvalue weighted by Gasteiger charge is 2.97. The van der Waals surface area contributed by atoms with Crippen LogP contribution in [0.5, 0.6) is 12.0 Å². The molecule has 0 bridgehead atoms. The molecule has 0 unspecified atom stereocenters. The van der Waals surface area contributed by atoms with Gasteiger partial charge in [-0.3, -0.25) is 0 Å². The molecule has 0 aliphatic carbocycles. The third-order valence-corrected chi connectivity index (χ3v) is 10.9. The van der Waals surface area contributed by atoms with Crippen molar-refractivity contribution in [3.63, 3.8) is 0 Å². The molecule has 0 aliphatic rings. The number of alkyl halides is 34. The first-order chi connectivity index (χ1) is 35.1. The van der Waals surface area contributed by atoms with Gasteiger partial charge in [0.15, 0.2) is 19.0 Å². The van der Waals surface area contributed by atoms with Gasteiger partial charge in [-0.05, 0) is 36.4 Å². The minimum absolute atomic E-state index is 0.0401. The van der Waals surface area contributed by atoms with E-state index in [0.29, 0.717) is 33.9 Å². The van der Waals surface area contributed by atoms with Gasteiger partial charge in [0, 0.05) is 22.0 Å². The van der Waals surface area contributed by atoms with Crippen molar-refractivity contribution in [3.05, 3.63) is 72.8 Å². The van der Waals surface area contributed by atoms with E-state index in [-0.39, 0.29) is 5.69 Å². The van der Waals surface area contributed by atoms with E-state index in [0.717, 1.165) is 12.1 Å². The van der Waals surface area contributed by atoms with E-state index in [2.05, 4.69) is 24.4 Å². The summed E-state index contributed by atoms with van der Waals surface area (Å²) in [7, 11) is 0. The lowest BCUT2D eigenvalue weighted by Crippen LogP contribution is -2.74. The molecule has 40 heteroatoms. The van der Waals surface area contributed by atoms with Crippen LogP contribution in [0.15, 0.2) is 72.8 Å². The van der Waals surface area contributed by atoms with E-state index in [1.807, 2.05) is 0 Å². The molecule has 5 aromatic rings. The number of halogens is 34. The van der Waals surface area contributed by atoms with Crippen LogP contribution >= 0.6 is 0 Å². The average Bonchev–Trinajstić information content (AvgIpc) is 3.65. The van der Waals surface area contributed by atoms with E-state index in [1.165, 1.54) is 28.8 Å². The van der Waals surface area contributed by atoms with E-state index < -0.39 is 132 Å². The number of nitrogens with zero attached hydrogens (tertiary/aromatic N) is 4. The van der Waals surface area contributed by atoms with Gasteiger partial charge in [-0.1, -0.05) is 36.4 Å². The molecule has 5 rings (SSSR count). The van der Waals surface area contributed by atoms with Crippen molar-refractivity contribution in [2.45, 2.75) is 95.3 Å². The molecule has 0 amide bonds. The zero-order valence-corrected chi connectivity index (χ0v) is 36.3. The number of para-hydroxylation sites is 2. The molecule has 79 heavy (non-hydrogen) atoms. The van der Waals surface area contributed by atoms with Crippen molar-refractivity contribution < 1.29 is 159 Å². The van der Waals surface area contributed by atoms with Gasteiger partial charge >= 0.3 is 107 Å². The molecular formula is C39H16F34N4O2. The summed E-state index contributed by atoms with van der Waals surface area (Å²) in [6.45, 7) is -7.94. The van der Waals surface area contributed by atoms with Gasteiger partial charge < -0.3 is 14.0 Å². The molecule has 0 atom stereocenters. The number of aromatic nitrogens is 4. The van der Waals surface area contributed by atoms with Crippen LogP contribution in [-0.4, -0.2) is 128 Å². The molecule has 0 saturated carbocycles. The van der Waals surface area contributed by atoms with Crippen molar-refractivity contribution in [1.82, 2.24) is 19.5 Å². The predicted molar refractivity (Wildman–Crippen MR) is 192 cm³/mol. The van der Waals surface area contributed by atoms with Gasteiger partial charge in [0.25, 0.3) is 0 Å². The number of fused-ring (bicyclic) bond motifs is 3. The summed E-state index contributed by atoms with van der Waals surface area (Å²) < 4.78 is 479. The van der Waals surface area contributed by atoms with Gasteiger partial charge in [0.1, 0.15) is 0 Å². The first kappa shape index (κ1) is 63.5. The second kappa shape index (κ2) is 18.6. The van der Waals surface area contributed by atoms with Crippen LogP contribution in [-0.2, 0) is 0 Å². The highest BCUT2D eigenvalue weighted by molar-refractivity contribution is 6.09. The third-order valence-electron chi connectivity index (χ3n) is 10.9. The first-order valence-corrected chi connectivity index (χ1v) is 19.6. The van der Waals surface area contributed by atoms with Crippen molar-refractivity contribution >= 4 is 21.8 Å². The quantitative estimate of drug-likeness (QED) is 0.0727. The fourth-order valence-electron chi connectivity index (χ4n) is 6.44. The topological polar surface area (TPSA) is 62.1 Å². The minimum Gasteiger partial charge on any atom is -0.457 e. The third kappa shape index (κ3) is 9.09. The number of rotatable bonds is 20. The lowest BCUT2D eigenvalue weighted by atomic mass is 9.89. The number of hydrogen-bond donors (Lipinski definition) is 0. The molecular weight excluding hydrogens is 1200 g/mol. The lowest BCUT2D eigenvalue weighted by Gasteiger charge is -2.42. The SMILES string of the molecule is FC(F)(F)C(F)(F)C(F)(F)C(F)(F)C(F)(F)C(F)(F)C(F)(F)C(F)(F)COc1nc(OCC(F)(F)C(F)(F)C(F)(F)C(F)(F)C(F)(F)C(F)(F)C(F)(F)C(F)(F)F)nc(-c2ccc(-n3c4ccccc4c4ccccc43)cc2)n1. The lowest BCUT2D eigenvalue weighted by molar-refractivity contribution is -0.462. The summed E-state index contributed by atoms with van der Waals surface area (Å²) in [4.78, 5) is 8.33. The van der Waals surface area contributed by atoms with Gasteiger partial charge in [0.2, 0.25) is 0 Å². The average molecular weight is 1220 g/mol. The Morgan fingerprint density at radius 2 is 0.570 bits per heavy atom. The van der Waals surface area contributed by atoms with Crippen LogP contribution in [0, 0.1) is 0 Å². The summed E-state index contributed by atoms with van der Waals surface area (Å²) in [6.07, 6.45) is -16.2. The van der Waals surface area contributed by atoms with Crippen LogP contribution in [0.4, 0.5) is 149 Å². The van der Waals surface area contributed by atoms with Gasteiger partial charge in [-0.25, -0.2) is 0 Å². The van der Waals surface area contributed by atoms with Crippen LogP contribution in [0.3, 0.4) is 0 Å². The molecule has 442 valence electrons. The van der Waals surface area contributed by atoms with E-state index in [4.69, 9.17) is 0 Å². The number of ether oxygens (including phenoxy) is 2. The molecule has 0 saturated heterocycles. The summed E-state index contributed by atoms with van der Waals surface area (Å²) in [5.74, 6) is -123. The van der Waals surface area contributed by atoms with Crippen molar-refractivity contribution in [3.8, 4) is 29.1 Å². The molecule has 2 heterocycles. The maximum Gasteiger partial charge on any atom is 0.460 e. The molecule has 0 fully saturated rings. The Hall–Kier alpha value is -6.31. The Kier molecular flexibility index (Phi) is 15.0. The first-order valence-electron chi connectivity index (χ1n) is 19.6. The normalized spacial score (nSPS) is 15.3. The summed E-state index contributed by atoms with van der Waals surface area (Å²) in [6, 6.07) is 10.7. The molecule has 6 nitrogen and oxygen atoms in total. The van der Waals surface area contributed by atoms with Gasteiger partial charge in [-0.15, -0.1) is 4.98 Å². The fourth-order valence-corrected chi connectivity index (χ4v) is 6.44. The zero-order chi connectivity index (χ0) is 61.2. The van der Waals surface area contributed by atoms with Crippen LogP contribution in [0.2, 0.25) is 0 Å². The maximum atomic E-state index is 14.8. The number of benzene rings is 3. The van der Waals surface area contributed by atoms with Gasteiger partial charge in [0.05, 0.1) is 11.0 Å². The summed E-state index contributed by atoms with van der Waals surface area (Å²) in [5, 5.41) is 1.08. The Morgan fingerprint density at radius 1 is 0.304 bits per heavy atom. The van der Waals surface area contributed by atoms with Crippen molar-refractivity contribution in [1.29, 1.82) is 0 Å². The van der Waals surface area contributed by atoms with E-state index >= 15 is 0 Å². The summed E-state index contributed by atoms with van der Waals surface area (Å²) >= 11 is 0. The molecule has 0 N–H and O–H groups in total. The van der Waals surface area contributed by atoms with Crippen LogP contribution < -0.4 is 9.47 Å². The van der Waals surface area contributed by atoms with Crippen molar-refractivity contribution in [2.75, 3.05) is 13.2 Å². The fraction of sp³-hybridized carbons (Fsp3) is 0.462. The standard InChI is InChI=1S/C39H16F34N4O2/c40-24(41,26(44,45)28(48,49)30(52,53)32(56,57)34(60,61)36(64,65)38(68,69)70)13-78-22-74-21(15-9-11-16(12-10-15)77-19-7-3-1-5-17(19)18-6-2-4-8-20(18)77)75-23(76-22)79-14-25(42,43)27(46,47)29(50,51)31(54,55)33(58,59)35(62,63)37(66,67)39(71,72)73/h1-12H,13-14H2. The Bertz CT molecular complexity index is 2860. The van der Waals surface area contributed by atoms with Crippen LogP contribution in [0.1, 0.15) is 0 Å². The smallest absolute Gasteiger partial charge is 0.457 e. The zero-order valence-electron chi connectivity index (χ0n) is 36.3. The highest BCUT2D eigenvalue weighted by atomic mass is 19.4. The largest absolute Gasteiger partial charge is 0.460 e. The van der Waals surface area contributed by atoms with Crippen molar-refractivity contribution in [2.24, 2.45) is 0 Å². The molecule has 0 spiro atoms. The summed E-state index contributed by atoms with van der Waals surface area (Å²) in [5.41, 5.74) is -0.0268. The monoisotopic (exact) mass is 1220 g/mol. The van der Waals surface area contributed by atoms with Gasteiger partial charge in [-0.2, -0.15) is 159 Å². The van der Waals surface area contributed by atoms with E-state index in [1.54, 1.807) is 24.3 Å². The van der Waals surface area contributed by atoms with E-state index in [9.17, 15) is 149 Å². The second-order valence-electron chi connectivity index (χ2n) is 16.0. The second-order valence-corrected chi connectivity index (χ2v) is 16.0. The Labute approximate surface area is 410 Å². The van der Waals surface area contributed by atoms with Crippen LogP contribution in [0.25, 0.3) is 38.9 Å². The molecule has 3 aromatic carbocycles. The molecule has 0 radical (unpaired) electrons. The molecule has 2 aromatic heterocycles. The predicted octanol–water partition coefficient (Wildman–Crippen LogP) is 15.4. The minimum atomic E-state index is -9.14. The number of hydrogen-bond acceptors (Lipinski definition) is 5. The maximum absolute atomic E-state index is 14.8. The Morgan fingerprint density at radius 3 is 0.861 bits per heavy atom.